The highest BCUT2D eigenvalue weighted by Crippen LogP contribution is 2.06. The number of hydrogen-bond acceptors (Lipinski definition) is 4. The third kappa shape index (κ3) is 6.36. The molecule has 0 aliphatic rings. The van der Waals surface area contributed by atoms with Gasteiger partial charge in [-0.15, -0.1) is 0 Å². The van der Waals surface area contributed by atoms with Gasteiger partial charge in [0.1, 0.15) is 12.7 Å². The van der Waals surface area contributed by atoms with Crippen LogP contribution in [0.1, 0.15) is 36.7 Å². The second-order valence-electron chi connectivity index (χ2n) is 5.75. The number of nitrogens with one attached hydrogen (secondary N) is 1. The van der Waals surface area contributed by atoms with Gasteiger partial charge >= 0.3 is 5.97 Å². The molecule has 0 unspecified atom stereocenters. The summed E-state index contributed by atoms with van der Waals surface area (Å²) in [5.41, 5.74) is 1.45. The molecule has 106 valence electrons. The fourth-order valence-electron chi connectivity index (χ4n) is 1.51. The highest BCUT2D eigenvalue weighted by atomic mass is 16.5. The van der Waals surface area contributed by atoms with Crippen LogP contribution in [-0.2, 0) is 4.74 Å². The first-order chi connectivity index (χ1) is 8.78. The largest absolute Gasteiger partial charge is 0.459 e. The lowest BCUT2D eigenvalue weighted by Crippen LogP contribution is -2.42. The van der Waals surface area contributed by atoms with Gasteiger partial charge in [0.05, 0.1) is 5.56 Å². The first-order valence-corrected chi connectivity index (χ1v) is 6.45. The quantitative estimate of drug-likeness (QED) is 0.798. The van der Waals surface area contributed by atoms with E-state index >= 15 is 0 Å². The van der Waals surface area contributed by atoms with Crippen LogP contribution in [-0.4, -0.2) is 35.9 Å². The van der Waals surface area contributed by atoms with E-state index in [1.54, 1.807) is 12.1 Å². The predicted molar refractivity (Wildman–Crippen MR) is 75.2 cm³/mol. The van der Waals surface area contributed by atoms with E-state index in [9.17, 15) is 9.90 Å². The van der Waals surface area contributed by atoms with Crippen LogP contribution in [0.15, 0.2) is 24.3 Å². The summed E-state index contributed by atoms with van der Waals surface area (Å²) in [6, 6.07) is 7.19. The molecule has 0 spiro atoms. The van der Waals surface area contributed by atoms with Gasteiger partial charge < -0.3 is 15.2 Å². The molecule has 0 heterocycles. The molecular weight excluding hydrogens is 242 g/mol. The number of β-amino-alcohol motifs (C(OH)–C–C–N with tert-alkyl or cyclic N) is 1. The van der Waals surface area contributed by atoms with Crippen LogP contribution in [0.2, 0.25) is 0 Å². The Morgan fingerprint density at radius 3 is 2.68 bits per heavy atom. The van der Waals surface area contributed by atoms with E-state index < -0.39 is 12.1 Å². The molecule has 0 bridgehead atoms. The number of rotatable bonds is 5. The number of hydrogen-bond donors (Lipinski definition) is 2. The Morgan fingerprint density at radius 1 is 1.42 bits per heavy atom. The van der Waals surface area contributed by atoms with Crippen LogP contribution in [0.25, 0.3) is 0 Å². The molecule has 0 aliphatic carbocycles. The summed E-state index contributed by atoms with van der Waals surface area (Å²) >= 11 is 0. The van der Waals surface area contributed by atoms with Crippen molar-refractivity contribution >= 4 is 5.97 Å². The van der Waals surface area contributed by atoms with Crippen LogP contribution in [0, 0.1) is 6.92 Å². The highest BCUT2D eigenvalue weighted by Gasteiger charge is 2.14. The number of carbonyl (C=O) groups is 1. The Hall–Kier alpha value is -1.39. The lowest BCUT2D eigenvalue weighted by atomic mass is 10.1. The molecule has 0 aromatic heterocycles. The van der Waals surface area contributed by atoms with Gasteiger partial charge in [0.25, 0.3) is 0 Å². The maximum Gasteiger partial charge on any atom is 0.338 e. The monoisotopic (exact) mass is 265 g/mol. The van der Waals surface area contributed by atoms with Crippen LogP contribution in [0.5, 0.6) is 0 Å². The summed E-state index contributed by atoms with van der Waals surface area (Å²) in [5.74, 6) is -0.404. The first kappa shape index (κ1) is 15.7. The van der Waals surface area contributed by atoms with Crippen molar-refractivity contribution in [3.8, 4) is 0 Å². The van der Waals surface area contributed by atoms with Crippen molar-refractivity contribution in [1.29, 1.82) is 0 Å². The molecule has 0 fully saturated rings. The minimum absolute atomic E-state index is 0.00411. The van der Waals surface area contributed by atoms with Crippen LogP contribution in [0.4, 0.5) is 0 Å². The first-order valence-electron chi connectivity index (χ1n) is 6.45. The third-order valence-corrected chi connectivity index (χ3v) is 2.53. The molecule has 0 aliphatic heterocycles. The zero-order valence-electron chi connectivity index (χ0n) is 12.1. The van der Waals surface area contributed by atoms with Crippen molar-refractivity contribution in [2.75, 3.05) is 13.2 Å². The van der Waals surface area contributed by atoms with Crippen molar-refractivity contribution < 1.29 is 14.6 Å². The SMILES string of the molecule is Cc1cccc(C(=O)OC[C@@H](O)CNC(C)(C)C)c1. The standard InChI is InChI=1S/C15H23NO3/c1-11-6-5-7-12(8-11)14(18)19-10-13(17)9-16-15(2,3)4/h5-8,13,16-17H,9-10H2,1-4H3/t13-/m0/s1. The number of esters is 1. The molecule has 4 heteroatoms. The minimum Gasteiger partial charge on any atom is -0.459 e. The molecule has 0 saturated heterocycles. The number of ether oxygens (including phenoxy) is 1. The van der Waals surface area contributed by atoms with Crippen molar-refractivity contribution in [1.82, 2.24) is 5.32 Å². The molecule has 1 aromatic rings. The summed E-state index contributed by atoms with van der Waals surface area (Å²) in [6.07, 6.45) is -0.701. The van der Waals surface area contributed by atoms with Crippen molar-refractivity contribution in [2.45, 2.75) is 39.3 Å². The molecular formula is C15H23NO3. The molecule has 4 nitrogen and oxygen atoms in total. The molecule has 1 rings (SSSR count). The fourth-order valence-corrected chi connectivity index (χ4v) is 1.51. The van der Waals surface area contributed by atoms with E-state index in [0.717, 1.165) is 5.56 Å². The van der Waals surface area contributed by atoms with Crippen molar-refractivity contribution in [3.63, 3.8) is 0 Å². The van der Waals surface area contributed by atoms with Crippen molar-refractivity contribution in [2.24, 2.45) is 0 Å². The van der Waals surface area contributed by atoms with E-state index in [-0.39, 0.29) is 12.1 Å². The Kier molecular flexibility index (Phi) is 5.51. The zero-order valence-corrected chi connectivity index (χ0v) is 12.1. The van der Waals surface area contributed by atoms with Gasteiger partial charge in [0.15, 0.2) is 0 Å². The maximum absolute atomic E-state index is 11.7. The van der Waals surface area contributed by atoms with E-state index in [0.29, 0.717) is 12.1 Å². The highest BCUT2D eigenvalue weighted by molar-refractivity contribution is 5.89. The smallest absolute Gasteiger partial charge is 0.338 e. The summed E-state index contributed by atoms with van der Waals surface area (Å²) in [6.45, 7) is 8.34. The van der Waals surface area contributed by atoms with Crippen LogP contribution < -0.4 is 5.32 Å². The van der Waals surface area contributed by atoms with Gasteiger partial charge in [-0.3, -0.25) is 0 Å². The molecule has 0 saturated carbocycles. The maximum atomic E-state index is 11.7. The van der Waals surface area contributed by atoms with Gasteiger partial charge in [-0.2, -0.15) is 0 Å². The van der Waals surface area contributed by atoms with Crippen LogP contribution in [0.3, 0.4) is 0 Å². The van der Waals surface area contributed by atoms with E-state index in [1.807, 2.05) is 39.8 Å². The number of aliphatic hydroxyl groups excluding tert-OH is 1. The minimum atomic E-state index is -0.701. The van der Waals surface area contributed by atoms with Crippen molar-refractivity contribution in [3.05, 3.63) is 35.4 Å². The third-order valence-electron chi connectivity index (χ3n) is 2.53. The molecule has 1 atom stereocenters. The van der Waals surface area contributed by atoms with Gasteiger partial charge in [-0.25, -0.2) is 4.79 Å². The zero-order chi connectivity index (χ0) is 14.5. The van der Waals surface area contributed by atoms with E-state index in [4.69, 9.17) is 4.74 Å². The molecule has 0 radical (unpaired) electrons. The topological polar surface area (TPSA) is 58.6 Å². The summed E-state index contributed by atoms with van der Waals surface area (Å²) in [7, 11) is 0. The second-order valence-corrected chi connectivity index (χ2v) is 5.75. The molecule has 0 amide bonds. The van der Waals surface area contributed by atoms with Crippen LogP contribution >= 0.6 is 0 Å². The number of aryl methyl sites for hydroxylation is 1. The number of aliphatic hydroxyl groups is 1. The van der Waals surface area contributed by atoms with Gasteiger partial charge in [-0.05, 0) is 39.8 Å². The lowest BCUT2D eigenvalue weighted by Gasteiger charge is -2.22. The Labute approximate surface area is 114 Å². The van der Waals surface area contributed by atoms with E-state index in [1.165, 1.54) is 0 Å². The number of benzene rings is 1. The summed E-state index contributed by atoms with van der Waals surface area (Å²) in [4.78, 5) is 11.7. The fraction of sp³-hybridized carbons (Fsp3) is 0.533. The molecule has 2 N–H and O–H groups in total. The lowest BCUT2D eigenvalue weighted by molar-refractivity contribution is 0.0247. The average molecular weight is 265 g/mol. The predicted octanol–water partition coefficient (Wildman–Crippen LogP) is 1.90. The number of carbonyl (C=O) groups excluding carboxylic acids is 1. The van der Waals surface area contributed by atoms with Gasteiger partial charge in [-0.1, -0.05) is 17.7 Å². The Balaban J connectivity index is 2.38. The van der Waals surface area contributed by atoms with Gasteiger partial charge in [0.2, 0.25) is 0 Å². The summed E-state index contributed by atoms with van der Waals surface area (Å²) < 4.78 is 5.08. The van der Waals surface area contributed by atoms with Gasteiger partial charge in [0, 0.05) is 12.1 Å². The average Bonchev–Trinajstić information content (AvgIpc) is 2.32. The summed E-state index contributed by atoms with van der Waals surface area (Å²) in [5, 5.41) is 12.9. The normalized spacial score (nSPS) is 13.1. The Bertz CT molecular complexity index is 424. The molecule has 1 aromatic carbocycles. The van der Waals surface area contributed by atoms with E-state index in [2.05, 4.69) is 5.32 Å². The molecule has 19 heavy (non-hydrogen) atoms. The second kappa shape index (κ2) is 6.68. The Morgan fingerprint density at radius 2 is 2.11 bits per heavy atom.